The minimum absolute atomic E-state index is 0.209. The quantitative estimate of drug-likeness (QED) is 0.850. The van der Waals surface area contributed by atoms with Crippen molar-refractivity contribution in [1.29, 1.82) is 0 Å². The zero-order valence-electron chi connectivity index (χ0n) is 11.6. The van der Waals surface area contributed by atoms with E-state index < -0.39 is 10.0 Å². The van der Waals surface area contributed by atoms with Crippen molar-refractivity contribution in [3.63, 3.8) is 0 Å². The van der Waals surface area contributed by atoms with Crippen molar-refractivity contribution in [3.8, 4) is 0 Å². The van der Waals surface area contributed by atoms with Crippen LogP contribution in [0.25, 0.3) is 0 Å². The molecule has 2 aromatic rings. The van der Waals surface area contributed by atoms with Gasteiger partial charge in [-0.15, -0.1) is 0 Å². The zero-order valence-corrected chi connectivity index (χ0v) is 12.5. The van der Waals surface area contributed by atoms with E-state index in [0.29, 0.717) is 22.6 Å². The lowest BCUT2D eigenvalue weighted by molar-refractivity contribution is 0.600. The molecule has 0 aliphatic rings. The van der Waals surface area contributed by atoms with E-state index in [2.05, 4.69) is 9.71 Å². The smallest absolute Gasteiger partial charge is 0.263 e. The van der Waals surface area contributed by atoms with Gasteiger partial charge in [0.15, 0.2) is 0 Å². The standard InChI is InChI=1S/C14H17N3O2S/c1-9-7-8-12(15)11(3)14(9)20(18,19)17-13-6-4-5-10(2)16-13/h4-8H,15H2,1-3H3,(H,16,17). The third kappa shape index (κ3) is 2.75. The number of nitrogens with one attached hydrogen (secondary N) is 1. The van der Waals surface area contributed by atoms with Crippen LogP contribution in [0.5, 0.6) is 0 Å². The summed E-state index contributed by atoms with van der Waals surface area (Å²) in [5, 5.41) is 0. The van der Waals surface area contributed by atoms with Gasteiger partial charge < -0.3 is 5.73 Å². The van der Waals surface area contributed by atoms with Gasteiger partial charge in [-0.25, -0.2) is 13.4 Å². The lowest BCUT2D eigenvalue weighted by atomic mass is 10.1. The van der Waals surface area contributed by atoms with Crippen LogP contribution in [0.4, 0.5) is 11.5 Å². The topological polar surface area (TPSA) is 85.1 Å². The molecule has 5 nitrogen and oxygen atoms in total. The van der Waals surface area contributed by atoms with Gasteiger partial charge in [-0.05, 0) is 50.1 Å². The molecule has 0 spiro atoms. The van der Waals surface area contributed by atoms with Crippen LogP contribution in [-0.2, 0) is 10.0 Å². The van der Waals surface area contributed by atoms with Crippen LogP contribution < -0.4 is 10.5 Å². The normalized spacial score (nSPS) is 11.3. The van der Waals surface area contributed by atoms with Crippen molar-refractivity contribution >= 4 is 21.5 Å². The molecular formula is C14H17N3O2S. The minimum Gasteiger partial charge on any atom is -0.398 e. The summed E-state index contributed by atoms with van der Waals surface area (Å²) in [6.45, 7) is 5.24. The van der Waals surface area contributed by atoms with Gasteiger partial charge in [-0.2, -0.15) is 0 Å². The van der Waals surface area contributed by atoms with Crippen LogP contribution in [0.2, 0.25) is 0 Å². The highest BCUT2D eigenvalue weighted by Crippen LogP contribution is 2.26. The number of nitrogen functional groups attached to an aromatic ring is 1. The van der Waals surface area contributed by atoms with E-state index in [9.17, 15) is 8.42 Å². The first-order chi connectivity index (χ1) is 9.31. The Morgan fingerprint density at radius 3 is 2.45 bits per heavy atom. The summed E-state index contributed by atoms with van der Waals surface area (Å²) in [7, 11) is -3.71. The molecule has 0 atom stereocenters. The van der Waals surface area contributed by atoms with Gasteiger partial charge >= 0.3 is 0 Å². The summed E-state index contributed by atoms with van der Waals surface area (Å²) in [5.41, 5.74) is 8.19. The van der Waals surface area contributed by atoms with E-state index in [-0.39, 0.29) is 4.90 Å². The summed E-state index contributed by atoms with van der Waals surface area (Å²) in [4.78, 5) is 4.35. The molecule has 0 aliphatic heterocycles. The van der Waals surface area contributed by atoms with E-state index in [1.54, 1.807) is 51.1 Å². The van der Waals surface area contributed by atoms with E-state index in [1.807, 2.05) is 0 Å². The predicted molar refractivity (Wildman–Crippen MR) is 80.1 cm³/mol. The molecule has 0 fully saturated rings. The van der Waals surface area contributed by atoms with Crippen LogP contribution in [0, 0.1) is 20.8 Å². The maximum Gasteiger partial charge on any atom is 0.263 e. The summed E-state index contributed by atoms with van der Waals surface area (Å²) < 4.78 is 27.5. The molecule has 1 aromatic heterocycles. The van der Waals surface area contributed by atoms with Gasteiger partial charge in [-0.1, -0.05) is 12.1 Å². The Labute approximate surface area is 118 Å². The van der Waals surface area contributed by atoms with Crippen LogP contribution in [0.15, 0.2) is 35.2 Å². The van der Waals surface area contributed by atoms with E-state index in [1.165, 1.54) is 0 Å². The van der Waals surface area contributed by atoms with Crippen LogP contribution in [0.1, 0.15) is 16.8 Å². The second-order valence-electron chi connectivity index (χ2n) is 4.70. The van der Waals surface area contributed by atoms with Gasteiger partial charge in [0, 0.05) is 11.4 Å². The molecule has 6 heteroatoms. The first kappa shape index (κ1) is 14.3. The van der Waals surface area contributed by atoms with Gasteiger partial charge in [0.2, 0.25) is 0 Å². The molecule has 0 radical (unpaired) electrons. The van der Waals surface area contributed by atoms with E-state index in [4.69, 9.17) is 5.73 Å². The zero-order chi connectivity index (χ0) is 14.9. The summed E-state index contributed by atoms with van der Waals surface area (Å²) in [6.07, 6.45) is 0. The van der Waals surface area contributed by atoms with Crippen molar-refractivity contribution in [3.05, 3.63) is 47.2 Å². The molecule has 3 N–H and O–H groups in total. The number of benzene rings is 1. The number of hydrogen-bond donors (Lipinski definition) is 2. The maximum atomic E-state index is 12.5. The molecule has 1 aromatic carbocycles. The highest BCUT2D eigenvalue weighted by Gasteiger charge is 2.21. The van der Waals surface area contributed by atoms with Crippen molar-refractivity contribution < 1.29 is 8.42 Å². The molecule has 0 saturated heterocycles. The Kier molecular flexibility index (Phi) is 3.67. The summed E-state index contributed by atoms with van der Waals surface area (Å²) >= 11 is 0. The van der Waals surface area contributed by atoms with Crippen molar-refractivity contribution in [2.24, 2.45) is 0 Å². The number of sulfonamides is 1. The number of hydrogen-bond acceptors (Lipinski definition) is 4. The van der Waals surface area contributed by atoms with Crippen LogP contribution in [-0.4, -0.2) is 13.4 Å². The first-order valence-corrected chi connectivity index (χ1v) is 7.62. The van der Waals surface area contributed by atoms with E-state index in [0.717, 1.165) is 5.69 Å². The molecule has 0 unspecified atom stereocenters. The number of aromatic nitrogens is 1. The molecule has 106 valence electrons. The third-order valence-corrected chi connectivity index (χ3v) is 4.68. The van der Waals surface area contributed by atoms with Crippen LogP contribution in [0.3, 0.4) is 0 Å². The average molecular weight is 291 g/mol. The highest BCUT2D eigenvalue weighted by atomic mass is 32.2. The van der Waals surface area contributed by atoms with Gasteiger partial charge in [0.1, 0.15) is 5.82 Å². The highest BCUT2D eigenvalue weighted by molar-refractivity contribution is 7.92. The number of pyridine rings is 1. The fourth-order valence-electron chi connectivity index (χ4n) is 2.04. The number of aryl methyl sites for hydroxylation is 2. The largest absolute Gasteiger partial charge is 0.398 e. The first-order valence-electron chi connectivity index (χ1n) is 6.13. The number of nitrogens with zero attached hydrogens (tertiary/aromatic N) is 1. The van der Waals surface area contributed by atoms with Gasteiger partial charge in [0.25, 0.3) is 10.0 Å². The Morgan fingerprint density at radius 2 is 1.80 bits per heavy atom. The molecule has 0 bridgehead atoms. The Balaban J connectivity index is 2.49. The van der Waals surface area contributed by atoms with Crippen molar-refractivity contribution in [2.45, 2.75) is 25.7 Å². The molecule has 0 aliphatic carbocycles. The Morgan fingerprint density at radius 1 is 1.10 bits per heavy atom. The molecule has 1 heterocycles. The van der Waals surface area contributed by atoms with Crippen molar-refractivity contribution in [1.82, 2.24) is 4.98 Å². The summed E-state index contributed by atoms with van der Waals surface area (Å²) in [6, 6.07) is 8.56. The van der Waals surface area contributed by atoms with E-state index >= 15 is 0 Å². The lowest BCUT2D eigenvalue weighted by Crippen LogP contribution is -2.17. The molecule has 2 rings (SSSR count). The fraction of sp³-hybridized carbons (Fsp3) is 0.214. The third-order valence-electron chi connectivity index (χ3n) is 3.04. The molecule has 20 heavy (non-hydrogen) atoms. The fourth-order valence-corrected chi connectivity index (χ4v) is 3.55. The average Bonchev–Trinajstić information content (AvgIpc) is 2.33. The SMILES string of the molecule is Cc1cccc(NS(=O)(=O)c2c(C)ccc(N)c2C)n1. The number of nitrogens with two attached hydrogens (primary N) is 1. The second-order valence-corrected chi connectivity index (χ2v) is 6.31. The van der Waals surface area contributed by atoms with Gasteiger partial charge in [-0.3, -0.25) is 4.72 Å². The van der Waals surface area contributed by atoms with Crippen LogP contribution >= 0.6 is 0 Å². The number of anilines is 2. The Bertz CT molecular complexity index is 755. The minimum atomic E-state index is -3.71. The summed E-state index contributed by atoms with van der Waals surface area (Å²) in [5.74, 6) is 0.297. The maximum absolute atomic E-state index is 12.5. The lowest BCUT2D eigenvalue weighted by Gasteiger charge is -2.14. The molecule has 0 amide bonds. The molecule has 0 saturated carbocycles. The number of rotatable bonds is 3. The molecular weight excluding hydrogens is 274 g/mol. The monoisotopic (exact) mass is 291 g/mol. The Hall–Kier alpha value is -2.08. The van der Waals surface area contributed by atoms with Crippen molar-refractivity contribution in [2.75, 3.05) is 10.5 Å². The predicted octanol–water partition coefficient (Wildman–Crippen LogP) is 2.39. The second kappa shape index (κ2) is 5.13. The van der Waals surface area contributed by atoms with Gasteiger partial charge in [0.05, 0.1) is 4.90 Å².